The smallest absolute Gasteiger partial charge is 0.229 e. The number of nitrogens with zero attached hydrogens (tertiary/aromatic N) is 4. The predicted octanol–water partition coefficient (Wildman–Crippen LogP) is 1.81. The molecule has 1 amide bonds. The van der Waals surface area contributed by atoms with Gasteiger partial charge in [0.05, 0.1) is 13.0 Å². The van der Waals surface area contributed by atoms with Crippen molar-refractivity contribution in [1.29, 1.82) is 0 Å². The molecule has 3 rings (SSSR count). The van der Waals surface area contributed by atoms with Crippen molar-refractivity contribution in [1.82, 2.24) is 14.9 Å². The molecule has 1 aromatic heterocycles. The highest BCUT2D eigenvalue weighted by molar-refractivity contribution is 5.91. The molecule has 7 heteroatoms. The van der Waals surface area contributed by atoms with E-state index < -0.39 is 0 Å². The van der Waals surface area contributed by atoms with Crippen LogP contribution in [0.2, 0.25) is 0 Å². The van der Waals surface area contributed by atoms with Gasteiger partial charge in [-0.05, 0) is 31.7 Å². The first-order chi connectivity index (χ1) is 12.6. The lowest BCUT2D eigenvalue weighted by atomic mass is 10.1. The molecular weight excluding hydrogens is 330 g/mol. The van der Waals surface area contributed by atoms with Crippen LogP contribution in [0.4, 0.5) is 11.6 Å². The summed E-state index contributed by atoms with van der Waals surface area (Å²) in [5.41, 5.74) is 0.930. The summed E-state index contributed by atoms with van der Waals surface area (Å²) in [7, 11) is 2.11. The van der Waals surface area contributed by atoms with Crippen molar-refractivity contribution in [2.24, 2.45) is 0 Å². The highest BCUT2D eigenvalue weighted by Gasteiger charge is 2.16. The summed E-state index contributed by atoms with van der Waals surface area (Å²) >= 11 is 0. The van der Waals surface area contributed by atoms with E-state index in [2.05, 4.69) is 32.1 Å². The molecule has 0 aliphatic carbocycles. The van der Waals surface area contributed by atoms with Gasteiger partial charge in [0.1, 0.15) is 23.7 Å². The Morgan fingerprint density at radius 3 is 2.58 bits per heavy atom. The van der Waals surface area contributed by atoms with Crippen molar-refractivity contribution in [2.75, 3.05) is 50.1 Å². The molecular formula is C19H25N5O2. The minimum atomic E-state index is -0.0998. The lowest BCUT2D eigenvalue weighted by Crippen LogP contribution is -2.44. The fourth-order valence-electron chi connectivity index (χ4n) is 2.87. The average Bonchev–Trinajstić information content (AvgIpc) is 2.64. The topological polar surface area (TPSA) is 70.6 Å². The van der Waals surface area contributed by atoms with Crippen molar-refractivity contribution in [3.05, 3.63) is 42.2 Å². The number of carbonyl (C=O) groups is 1. The van der Waals surface area contributed by atoms with E-state index in [0.717, 1.165) is 43.3 Å². The number of rotatable bonds is 6. The zero-order valence-electron chi connectivity index (χ0n) is 15.3. The van der Waals surface area contributed by atoms with Gasteiger partial charge in [-0.2, -0.15) is 0 Å². The number of ether oxygens (including phenoxy) is 1. The summed E-state index contributed by atoms with van der Waals surface area (Å²) in [6.45, 7) is 6.43. The molecule has 0 saturated carbocycles. The quantitative estimate of drug-likeness (QED) is 0.852. The van der Waals surface area contributed by atoms with E-state index in [-0.39, 0.29) is 5.91 Å². The maximum absolute atomic E-state index is 12.3. The fraction of sp³-hybridized carbons (Fsp3) is 0.421. The number of benzene rings is 1. The minimum absolute atomic E-state index is 0.0998. The Bertz CT molecular complexity index is 727. The molecule has 0 atom stereocenters. The Morgan fingerprint density at radius 2 is 1.88 bits per heavy atom. The van der Waals surface area contributed by atoms with Crippen LogP contribution in [0, 0.1) is 0 Å². The Kier molecular flexibility index (Phi) is 6.01. The third-order valence-corrected chi connectivity index (χ3v) is 4.35. The van der Waals surface area contributed by atoms with Gasteiger partial charge in [0.25, 0.3) is 0 Å². The number of nitrogens with one attached hydrogen (secondary N) is 1. The van der Waals surface area contributed by atoms with Crippen molar-refractivity contribution in [3.63, 3.8) is 0 Å². The molecule has 0 unspecified atom stereocenters. The second-order valence-corrected chi connectivity index (χ2v) is 6.35. The highest BCUT2D eigenvalue weighted by Crippen LogP contribution is 2.17. The predicted molar refractivity (Wildman–Crippen MR) is 102 cm³/mol. The summed E-state index contributed by atoms with van der Waals surface area (Å²) in [6.07, 6.45) is 1.79. The number of amides is 1. The Balaban J connectivity index is 1.58. The van der Waals surface area contributed by atoms with E-state index in [1.807, 2.05) is 37.3 Å². The van der Waals surface area contributed by atoms with Crippen molar-refractivity contribution >= 4 is 17.5 Å². The van der Waals surface area contributed by atoms with Crippen LogP contribution in [0.15, 0.2) is 36.7 Å². The molecule has 138 valence electrons. The van der Waals surface area contributed by atoms with Crippen molar-refractivity contribution < 1.29 is 9.53 Å². The monoisotopic (exact) mass is 355 g/mol. The normalized spacial score (nSPS) is 14.9. The molecule has 7 nitrogen and oxygen atoms in total. The summed E-state index contributed by atoms with van der Waals surface area (Å²) < 4.78 is 5.41. The number of likely N-dealkylation sites (N-methyl/N-ethyl adjacent to an activating group) is 1. The van der Waals surface area contributed by atoms with Gasteiger partial charge in [-0.3, -0.25) is 4.79 Å². The highest BCUT2D eigenvalue weighted by atomic mass is 16.5. The molecule has 1 aromatic carbocycles. The van der Waals surface area contributed by atoms with Gasteiger partial charge < -0.3 is 19.9 Å². The third-order valence-electron chi connectivity index (χ3n) is 4.35. The first kappa shape index (κ1) is 18.1. The molecule has 1 fully saturated rings. The first-order valence-corrected chi connectivity index (χ1v) is 8.91. The molecule has 0 bridgehead atoms. The van der Waals surface area contributed by atoms with E-state index in [1.165, 1.54) is 6.33 Å². The standard InChI is InChI=1S/C19H25N5O2/c1-3-26-16-6-4-15(5-7-16)12-19(25)22-17-13-18(21-14-20-17)24-10-8-23(2)9-11-24/h4-7,13-14H,3,8-12H2,1-2H3,(H,20,21,22,25). The van der Waals surface area contributed by atoms with Crippen molar-refractivity contribution in [3.8, 4) is 5.75 Å². The Labute approximate surface area is 154 Å². The molecule has 1 aliphatic heterocycles. The fourth-order valence-corrected chi connectivity index (χ4v) is 2.87. The van der Waals surface area contributed by atoms with E-state index in [1.54, 1.807) is 0 Å². The second-order valence-electron chi connectivity index (χ2n) is 6.35. The van der Waals surface area contributed by atoms with Gasteiger partial charge in [0.15, 0.2) is 0 Å². The number of anilines is 2. The van der Waals surface area contributed by atoms with Crippen LogP contribution >= 0.6 is 0 Å². The lowest BCUT2D eigenvalue weighted by Gasteiger charge is -2.33. The van der Waals surface area contributed by atoms with Crippen LogP contribution in [0.1, 0.15) is 12.5 Å². The van der Waals surface area contributed by atoms with Crippen LogP contribution < -0.4 is 15.0 Å². The summed E-state index contributed by atoms with van der Waals surface area (Å²) in [4.78, 5) is 25.3. The molecule has 1 saturated heterocycles. The molecule has 2 aromatic rings. The van der Waals surface area contributed by atoms with Gasteiger partial charge in [0.2, 0.25) is 5.91 Å². The van der Waals surface area contributed by atoms with E-state index in [0.29, 0.717) is 18.8 Å². The zero-order valence-corrected chi connectivity index (χ0v) is 15.3. The number of hydrogen-bond donors (Lipinski definition) is 1. The van der Waals surface area contributed by atoms with E-state index >= 15 is 0 Å². The SMILES string of the molecule is CCOc1ccc(CC(=O)Nc2cc(N3CCN(C)CC3)ncn2)cc1. The molecule has 1 aliphatic rings. The Morgan fingerprint density at radius 1 is 1.15 bits per heavy atom. The largest absolute Gasteiger partial charge is 0.494 e. The summed E-state index contributed by atoms with van der Waals surface area (Å²) in [6, 6.07) is 9.40. The molecule has 1 N–H and O–H groups in total. The lowest BCUT2D eigenvalue weighted by molar-refractivity contribution is -0.115. The summed E-state index contributed by atoms with van der Waals surface area (Å²) in [5.74, 6) is 2.09. The molecule has 0 spiro atoms. The summed E-state index contributed by atoms with van der Waals surface area (Å²) in [5, 5.41) is 2.86. The number of carbonyl (C=O) groups excluding carboxylic acids is 1. The van der Waals surface area contributed by atoms with Crippen LogP contribution in [0.3, 0.4) is 0 Å². The van der Waals surface area contributed by atoms with E-state index in [9.17, 15) is 4.79 Å². The van der Waals surface area contributed by atoms with Crippen LogP contribution in [-0.2, 0) is 11.2 Å². The average molecular weight is 355 g/mol. The van der Waals surface area contributed by atoms with Gasteiger partial charge in [-0.1, -0.05) is 12.1 Å². The molecule has 2 heterocycles. The van der Waals surface area contributed by atoms with E-state index in [4.69, 9.17) is 4.74 Å². The first-order valence-electron chi connectivity index (χ1n) is 8.91. The van der Waals surface area contributed by atoms with Crippen molar-refractivity contribution in [2.45, 2.75) is 13.3 Å². The van der Waals surface area contributed by atoms with Crippen LogP contribution in [0.5, 0.6) is 5.75 Å². The van der Waals surface area contributed by atoms with Crippen LogP contribution in [0.25, 0.3) is 0 Å². The second kappa shape index (κ2) is 8.62. The minimum Gasteiger partial charge on any atom is -0.494 e. The maximum Gasteiger partial charge on any atom is 0.229 e. The number of piperazine rings is 1. The van der Waals surface area contributed by atoms with Gasteiger partial charge in [0, 0.05) is 32.2 Å². The van der Waals surface area contributed by atoms with Crippen LogP contribution in [-0.4, -0.2) is 60.6 Å². The third kappa shape index (κ3) is 4.92. The van der Waals surface area contributed by atoms with Gasteiger partial charge >= 0.3 is 0 Å². The van der Waals surface area contributed by atoms with Gasteiger partial charge in [-0.15, -0.1) is 0 Å². The maximum atomic E-state index is 12.3. The number of hydrogen-bond acceptors (Lipinski definition) is 6. The van der Waals surface area contributed by atoms with Gasteiger partial charge in [-0.25, -0.2) is 9.97 Å². The molecule has 0 radical (unpaired) electrons. The Hall–Kier alpha value is -2.67. The zero-order chi connectivity index (χ0) is 18.4. The molecule has 26 heavy (non-hydrogen) atoms. The number of aromatic nitrogens is 2.